The second kappa shape index (κ2) is 7.47. The van der Waals surface area contributed by atoms with Crippen molar-refractivity contribution in [1.29, 1.82) is 0 Å². The molecule has 0 bridgehead atoms. The first-order valence-corrected chi connectivity index (χ1v) is 9.86. The molecule has 1 N–H and O–H groups in total. The van der Waals surface area contributed by atoms with Gasteiger partial charge in [0, 0.05) is 36.8 Å². The van der Waals surface area contributed by atoms with Crippen LogP contribution >= 0.6 is 23.1 Å². The summed E-state index contributed by atoms with van der Waals surface area (Å²) in [5.41, 5.74) is 2.10. The number of thiophene rings is 1. The van der Waals surface area contributed by atoms with E-state index in [0.29, 0.717) is 18.2 Å². The Hall–Kier alpha value is -1.37. The maximum atomic E-state index is 12.4. The number of nitrogens with one attached hydrogen (secondary N) is 1. The molecule has 4 nitrogen and oxygen atoms in total. The molecule has 3 heterocycles. The van der Waals surface area contributed by atoms with Crippen molar-refractivity contribution in [2.75, 3.05) is 19.3 Å². The number of carbonyl (C=O) groups is 1. The van der Waals surface area contributed by atoms with E-state index >= 15 is 0 Å². The van der Waals surface area contributed by atoms with Gasteiger partial charge in [0.1, 0.15) is 5.03 Å². The van der Waals surface area contributed by atoms with Gasteiger partial charge in [-0.3, -0.25) is 9.69 Å². The fourth-order valence-electron chi connectivity index (χ4n) is 2.84. The molecule has 6 heteroatoms. The van der Waals surface area contributed by atoms with Crippen LogP contribution in [0.25, 0.3) is 0 Å². The molecule has 0 spiro atoms. The molecule has 1 atom stereocenters. The highest BCUT2D eigenvalue weighted by Gasteiger charge is 2.22. The van der Waals surface area contributed by atoms with Crippen molar-refractivity contribution in [3.8, 4) is 0 Å². The van der Waals surface area contributed by atoms with Gasteiger partial charge in [-0.1, -0.05) is 0 Å². The Morgan fingerprint density at radius 1 is 1.52 bits per heavy atom. The SMILES string of the molecule is CSc1ncccc1C(=O)NC[C@@H](C)N1CCc2sccc2C1. The number of aromatic nitrogens is 1. The van der Waals surface area contributed by atoms with Gasteiger partial charge in [-0.25, -0.2) is 4.98 Å². The van der Waals surface area contributed by atoms with Gasteiger partial charge < -0.3 is 5.32 Å². The average Bonchev–Trinajstić information content (AvgIpc) is 3.06. The summed E-state index contributed by atoms with van der Waals surface area (Å²) >= 11 is 3.35. The minimum absolute atomic E-state index is 0.0393. The molecule has 1 aliphatic rings. The number of pyridine rings is 1. The molecule has 122 valence electrons. The Morgan fingerprint density at radius 2 is 2.39 bits per heavy atom. The summed E-state index contributed by atoms with van der Waals surface area (Å²) in [7, 11) is 0. The Balaban J connectivity index is 1.57. The second-order valence-electron chi connectivity index (χ2n) is 5.71. The van der Waals surface area contributed by atoms with Crippen LogP contribution in [0.5, 0.6) is 0 Å². The van der Waals surface area contributed by atoms with Gasteiger partial charge in [-0.15, -0.1) is 23.1 Å². The third-order valence-corrected chi connectivity index (χ3v) is 5.96. The topological polar surface area (TPSA) is 45.2 Å². The molecule has 0 aliphatic carbocycles. The Bertz CT molecular complexity index is 686. The highest BCUT2D eigenvalue weighted by atomic mass is 32.2. The maximum absolute atomic E-state index is 12.4. The summed E-state index contributed by atoms with van der Waals surface area (Å²) in [6.07, 6.45) is 4.77. The van der Waals surface area contributed by atoms with Crippen LogP contribution in [0.4, 0.5) is 0 Å². The van der Waals surface area contributed by atoms with E-state index in [1.165, 1.54) is 22.2 Å². The van der Waals surface area contributed by atoms with Crippen LogP contribution in [-0.4, -0.2) is 41.2 Å². The smallest absolute Gasteiger partial charge is 0.254 e. The Labute approximate surface area is 145 Å². The van der Waals surface area contributed by atoms with Crippen LogP contribution in [-0.2, 0) is 13.0 Å². The van der Waals surface area contributed by atoms with Gasteiger partial charge in [-0.2, -0.15) is 0 Å². The van der Waals surface area contributed by atoms with Crippen LogP contribution in [0.15, 0.2) is 34.8 Å². The van der Waals surface area contributed by atoms with Gasteiger partial charge in [0.05, 0.1) is 5.56 Å². The molecule has 2 aromatic heterocycles. The second-order valence-corrected chi connectivity index (χ2v) is 7.50. The first-order chi connectivity index (χ1) is 11.2. The fourth-order valence-corrected chi connectivity index (χ4v) is 4.27. The van der Waals surface area contributed by atoms with E-state index in [1.807, 2.05) is 23.7 Å². The van der Waals surface area contributed by atoms with E-state index < -0.39 is 0 Å². The van der Waals surface area contributed by atoms with E-state index in [-0.39, 0.29) is 5.91 Å². The zero-order valence-corrected chi connectivity index (χ0v) is 15.0. The number of hydrogen-bond acceptors (Lipinski definition) is 5. The predicted molar refractivity (Wildman–Crippen MR) is 96.2 cm³/mol. The lowest BCUT2D eigenvalue weighted by Crippen LogP contribution is -2.44. The van der Waals surface area contributed by atoms with E-state index in [4.69, 9.17) is 0 Å². The summed E-state index contributed by atoms with van der Waals surface area (Å²) in [5.74, 6) is -0.0393. The van der Waals surface area contributed by atoms with Crippen molar-refractivity contribution in [2.24, 2.45) is 0 Å². The first kappa shape index (κ1) is 16.5. The van der Waals surface area contributed by atoms with Crippen molar-refractivity contribution in [3.05, 3.63) is 45.8 Å². The summed E-state index contributed by atoms with van der Waals surface area (Å²) in [6.45, 7) is 4.88. The predicted octanol–water partition coefficient (Wildman–Crippen LogP) is 3.04. The highest BCUT2D eigenvalue weighted by molar-refractivity contribution is 7.98. The molecular weight excluding hydrogens is 326 g/mol. The van der Waals surface area contributed by atoms with Crippen LogP contribution in [0, 0.1) is 0 Å². The number of hydrogen-bond donors (Lipinski definition) is 1. The summed E-state index contributed by atoms with van der Waals surface area (Å²) in [4.78, 5) is 20.6. The maximum Gasteiger partial charge on any atom is 0.254 e. The van der Waals surface area contributed by atoms with Crippen LogP contribution in [0.3, 0.4) is 0 Å². The zero-order valence-electron chi connectivity index (χ0n) is 13.4. The summed E-state index contributed by atoms with van der Waals surface area (Å²) < 4.78 is 0. The minimum atomic E-state index is -0.0393. The van der Waals surface area contributed by atoms with Gasteiger partial charge >= 0.3 is 0 Å². The molecule has 23 heavy (non-hydrogen) atoms. The zero-order chi connectivity index (χ0) is 16.2. The van der Waals surface area contributed by atoms with Gasteiger partial charge in [-0.05, 0) is 48.7 Å². The van der Waals surface area contributed by atoms with Crippen LogP contribution in [0.1, 0.15) is 27.7 Å². The number of rotatable bonds is 5. The van der Waals surface area contributed by atoms with E-state index in [2.05, 4.69) is 33.6 Å². The van der Waals surface area contributed by atoms with Crippen LogP contribution < -0.4 is 5.32 Å². The summed E-state index contributed by atoms with van der Waals surface area (Å²) in [5, 5.41) is 6.01. The molecule has 0 saturated carbocycles. The number of thioether (sulfide) groups is 1. The lowest BCUT2D eigenvalue weighted by molar-refractivity contribution is 0.0929. The van der Waals surface area contributed by atoms with Crippen molar-refractivity contribution < 1.29 is 4.79 Å². The van der Waals surface area contributed by atoms with E-state index in [0.717, 1.165) is 24.5 Å². The minimum Gasteiger partial charge on any atom is -0.350 e. The Kier molecular flexibility index (Phi) is 5.35. The van der Waals surface area contributed by atoms with Gasteiger partial charge in [0.15, 0.2) is 0 Å². The number of amides is 1. The standard InChI is InChI=1S/C17H21N3OS2/c1-12(20-8-5-15-13(11-20)6-9-23-15)10-19-16(21)14-4-3-7-18-17(14)22-2/h3-4,6-7,9,12H,5,8,10-11H2,1-2H3,(H,19,21)/t12-/m1/s1. The largest absolute Gasteiger partial charge is 0.350 e. The Morgan fingerprint density at radius 3 is 3.22 bits per heavy atom. The number of carbonyl (C=O) groups excluding carboxylic acids is 1. The molecule has 2 aromatic rings. The van der Waals surface area contributed by atoms with Crippen molar-refractivity contribution in [1.82, 2.24) is 15.2 Å². The normalized spacial score (nSPS) is 15.9. The average molecular weight is 348 g/mol. The molecule has 1 amide bonds. The lowest BCUT2D eigenvalue weighted by Gasteiger charge is -2.32. The quantitative estimate of drug-likeness (QED) is 0.845. The molecular formula is C17H21N3OS2. The molecule has 0 aromatic carbocycles. The molecule has 1 aliphatic heterocycles. The number of nitrogens with zero attached hydrogens (tertiary/aromatic N) is 2. The molecule has 0 fully saturated rings. The third-order valence-electron chi connectivity index (χ3n) is 4.23. The third kappa shape index (κ3) is 3.76. The van der Waals surface area contributed by atoms with Gasteiger partial charge in [0.2, 0.25) is 0 Å². The highest BCUT2D eigenvalue weighted by Crippen LogP contribution is 2.25. The summed E-state index contributed by atoms with van der Waals surface area (Å²) in [6, 6.07) is 6.18. The molecule has 3 rings (SSSR count). The molecule has 0 saturated heterocycles. The van der Waals surface area contributed by atoms with Crippen molar-refractivity contribution in [2.45, 2.75) is 31.0 Å². The number of fused-ring (bicyclic) bond motifs is 1. The molecule has 0 unspecified atom stereocenters. The van der Waals surface area contributed by atoms with E-state index in [1.54, 1.807) is 12.3 Å². The van der Waals surface area contributed by atoms with Crippen molar-refractivity contribution in [3.63, 3.8) is 0 Å². The lowest BCUT2D eigenvalue weighted by atomic mass is 10.1. The van der Waals surface area contributed by atoms with Crippen molar-refractivity contribution >= 4 is 29.0 Å². The fraction of sp³-hybridized carbons (Fsp3) is 0.412. The van der Waals surface area contributed by atoms with Gasteiger partial charge in [0.25, 0.3) is 5.91 Å². The monoisotopic (exact) mass is 347 g/mol. The first-order valence-electron chi connectivity index (χ1n) is 7.75. The molecule has 0 radical (unpaired) electrons. The van der Waals surface area contributed by atoms with E-state index in [9.17, 15) is 4.79 Å². The van der Waals surface area contributed by atoms with Crippen LogP contribution in [0.2, 0.25) is 0 Å².